The van der Waals surface area contributed by atoms with Gasteiger partial charge in [0, 0.05) is 8.96 Å². The average Bonchev–Trinajstić information content (AvgIpc) is 2.46. The zero-order valence-electron chi connectivity index (χ0n) is 9.68. The van der Waals surface area contributed by atoms with E-state index in [0.29, 0.717) is 0 Å². The van der Waals surface area contributed by atoms with Crippen molar-refractivity contribution in [1.29, 1.82) is 0 Å². The van der Waals surface area contributed by atoms with Gasteiger partial charge in [0.1, 0.15) is 0 Å². The summed E-state index contributed by atoms with van der Waals surface area (Å²) in [6.07, 6.45) is 4.10. The quantitative estimate of drug-likeness (QED) is 0.599. The molecule has 0 heterocycles. The average molecular weight is 364 g/mol. The van der Waals surface area contributed by atoms with Crippen LogP contribution in [-0.2, 0) is 0 Å². The van der Waals surface area contributed by atoms with Crippen molar-refractivity contribution in [2.24, 2.45) is 0 Å². The highest BCUT2D eigenvalue weighted by Crippen LogP contribution is 2.25. The number of hydrogen-bond donors (Lipinski definition) is 0. The first-order chi connectivity index (χ1) is 8.77. The van der Waals surface area contributed by atoms with Gasteiger partial charge in [0.15, 0.2) is 0 Å². The zero-order valence-corrected chi connectivity index (χ0v) is 12.9. The van der Waals surface area contributed by atoms with Crippen LogP contribution in [0.5, 0.6) is 0 Å². The minimum absolute atomic E-state index is 1.07. The number of benzene rings is 2. The van der Waals surface area contributed by atoms with E-state index in [4.69, 9.17) is 0 Å². The molecule has 0 saturated carbocycles. The lowest BCUT2D eigenvalue weighted by Crippen LogP contribution is -1.76. The second-order valence-electron chi connectivity index (χ2n) is 3.76. The van der Waals surface area contributed by atoms with Gasteiger partial charge in [0.2, 0.25) is 0 Å². The Hall–Kier alpha value is -1.12. The van der Waals surface area contributed by atoms with E-state index < -0.39 is 0 Å². The highest BCUT2D eigenvalue weighted by Gasteiger charge is 1.96. The molecule has 0 aliphatic carbocycles. The Balaban J connectivity index is 2.20. The van der Waals surface area contributed by atoms with Gasteiger partial charge >= 0.3 is 0 Å². The van der Waals surface area contributed by atoms with Crippen molar-refractivity contribution >= 4 is 40.8 Å². The molecule has 0 amide bonds. The fourth-order valence-corrected chi connectivity index (χ4v) is 2.33. The van der Waals surface area contributed by atoms with Crippen molar-refractivity contribution in [3.63, 3.8) is 0 Å². The van der Waals surface area contributed by atoms with Crippen molar-refractivity contribution in [2.45, 2.75) is 0 Å². The van der Waals surface area contributed by atoms with Crippen molar-refractivity contribution in [3.05, 3.63) is 83.9 Å². The standard InChI is InChI=1S/C16H12Br2/c17-15(13-7-3-1-4-8-13)11-12-16(18)14-9-5-2-6-10-14/h1-12H. The van der Waals surface area contributed by atoms with Gasteiger partial charge in [-0.3, -0.25) is 0 Å². The van der Waals surface area contributed by atoms with Crippen LogP contribution in [0.25, 0.3) is 8.96 Å². The molecule has 0 saturated heterocycles. The molecule has 0 fully saturated rings. The van der Waals surface area contributed by atoms with Crippen LogP contribution in [0, 0.1) is 0 Å². The van der Waals surface area contributed by atoms with Crippen molar-refractivity contribution in [2.75, 3.05) is 0 Å². The van der Waals surface area contributed by atoms with Crippen LogP contribution in [0.2, 0.25) is 0 Å². The summed E-state index contributed by atoms with van der Waals surface area (Å²) in [5.41, 5.74) is 2.34. The minimum Gasteiger partial charge on any atom is -0.0622 e. The smallest absolute Gasteiger partial charge is 0.0248 e. The molecule has 90 valence electrons. The lowest BCUT2D eigenvalue weighted by Gasteiger charge is -1.99. The maximum Gasteiger partial charge on any atom is 0.0248 e. The first-order valence-corrected chi connectivity index (χ1v) is 7.20. The molecule has 0 radical (unpaired) electrons. The van der Waals surface area contributed by atoms with E-state index in [2.05, 4.69) is 56.1 Å². The van der Waals surface area contributed by atoms with Crippen LogP contribution in [0.15, 0.2) is 72.8 Å². The van der Waals surface area contributed by atoms with E-state index >= 15 is 0 Å². The third kappa shape index (κ3) is 3.69. The summed E-state index contributed by atoms with van der Waals surface area (Å²) in [7, 11) is 0. The van der Waals surface area contributed by atoms with Gasteiger partial charge in [-0.05, 0) is 23.3 Å². The largest absolute Gasteiger partial charge is 0.0622 e. The summed E-state index contributed by atoms with van der Waals surface area (Å²) in [5.74, 6) is 0. The molecule has 0 N–H and O–H groups in total. The van der Waals surface area contributed by atoms with Gasteiger partial charge in [-0.1, -0.05) is 92.5 Å². The SMILES string of the molecule is BrC(=CC=C(Br)c1ccccc1)c1ccccc1. The predicted molar refractivity (Wildman–Crippen MR) is 86.7 cm³/mol. The fraction of sp³-hybridized carbons (Fsp3) is 0. The van der Waals surface area contributed by atoms with Crippen LogP contribution in [0.3, 0.4) is 0 Å². The third-order valence-electron chi connectivity index (χ3n) is 2.48. The molecule has 0 atom stereocenters. The number of allylic oxidation sites excluding steroid dienone is 2. The molecule has 0 nitrogen and oxygen atoms in total. The number of hydrogen-bond acceptors (Lipinski definition) is 0. The molecular weight excluding hydrogens is 352 g/mol. The summed E-state index contributed by atoms with van der Waals surface area (Å²) in [6, 6.07) is 20.4. The molecule has 2 heteroatoms. The Morgan fingerprint density at radius 3 is 1.28 bits per heavy atom. The van der Waals surface area contributed by atoms with Crippen molar-refractivity contribution in [1.82, 2.24) is 0 Å². The topological polar surface area (TPSA) is 0 Å². The van der Waals surface area contributed by atoms with Crippen LogP contribution in [-0.4, -0.2) is 0 Å². The molecule has 18 heavy (non-hydrogen) atoms. The summed E-state index contributed by atoms with van der Waals surface area (Å²) < 4.78 is 2.13. The normalized spacial score (nSPS) is 12.6. The summed E-state index contributed by atoms with van der Waals surface area (Å²) in [6.45, 7) is 0. The molecule has 2 aromatic rings. The van der Waals surface area contributed by atoms with Crippen molar-refractivity contribution < 1.29 is 0 Å². The lowest BCUT2D eigenvalue weighted by molar-refractivity contribution is 1.64. The van der Waals surface area contributed by atoms with Gasteiger partial charge in [-0.15, -0.1) is 0 Å². The predicted octanol–water partition coefficient (Wildman–Crippen LogP) is 5.86. The highest BCUT2D eigenvalue weighted by molar-refractivity contribution is 9.15. The van der Waals surface area contributed by atoms with E-state index in [0.717, 1.165) is 8.96 Å². The molecule has 0 spiro atoms. The van der Waals surface area contributed by atoms with Crippen LogP contribution in [0.4, 0.5) is 0 Å². The van der Waals surface area contributed by atoms with Gasteiger partial charge < -0.3 is 0 Å². The first-order valence-electron chi connectivity index (χ1n) is 5.61. The highest BCUT2D eigenvalue weighted by atomic mass is 79.9. The molecule has 2 aromatic carbocycles. The second-order valence-corrected chi connectivity index (χ2v) is 5.47. The van der Waals surface area contributed by atoms with Gasteiger partial charge in [-0.2, -0.15) is 0 Å². The maximum absolute atomic E-state index is 3.58. The molecule has 0 aromatic heterocycles. The van der Waals surface area contributed by atoms with E-state index in [-0.39, 0.29) is 0 Å². The number of rotatable bonds is 3. The molecule has 0 unspecified atom stereocenters. The van der Waals surface area contributed by atoms with Crippen LogP contribution in [0.1, 0.15) is 11.1 Å². The Morgan fingerprint density at radius 2 is 0.944 bits per heavy atom. The zero-order chi connectivity index (χ0) is 12.8. The van der Waals surface area contributed by atoms with Gasteiger partial charge in [0.05, 0.1) is 0 Å². The van der Waals surface area contributed by atoms with Crippen LogP contribution >= 0.6 is 31.9 Å². The van der Waals surface area contributed by atoms with E-state index in [9.17, 15) is 0 Å². The minimum atomic E-state index is 1.07. The van der Waals surface area contributed by atoms with Crippen LogP contribution < -0.4 is 0 Å². The first kappa shape index (κ1) is 13.3. The van der Waals surface area contributed by atoms with Gasteiger partial charge in [0.25, 0.3) is 0 Å². The van der Waals surface area contributed by atoms with E-state index in [1.807, 2.05) is 48.6 Å². The Labute approximate surface area is 124 Å². The molecule has 0 bridgehead atoms. The molecular formula is C16H12Br2. The Bertz CT molecular complexity index is 501. The second kappa shape index (κ2) is 6.72. The summed E-state index contributed by atoms with van der Waals surface area (Å²) >= 11 is 7.17. The van der Waals surface area contributed by atoms with Crippen molar-refractivity contribution in [3.8, 4) is 0 Å². The molecule has 0 aliphatic rings. The number of halogens is 2. The third-order valence-corrected chi connectivity index (χ3v) is 3.92. The van der Waals surface area contributed by atoms with Gasteiger partial charge in [-0.25, -0.2) is 0 Å². The fourth-order valence-electron chi connectivity index (χ4n) is 1.53. The van der Waals surface area contributed by atoms with E-state index in [1.165, 1.54) is 11.1 Å². The Morgan fingerprint density at radius 1 is 0.611 bits per heavy atom. The lowest BCUT2D eigenvalue weighted by atomic mass is 10.2. The van der Waals surface area contributed by atoms with E-state index in [1.54, 1.807) is 0 Å². The molecule has 0 aliphatic heterocycles. The summed E-state index contributed by atoms with van der Waals surface area (Å²) in [4.78, 5) is 0. The molecule has 2 rings (SSSR count). The Kier molecular flexibility index (Phi) is 4.97. The summed E-state index contributed by atoms with van der Waals surface area (Å²) in [5, 5.41) is 0. The monoisotopic (exact) mass is 362 g/mol. The maximum atomic E-state index is 3.58.